The van der Waals surface area contributed by atoms with Crippen molar-refractivity contribution in [3.8, 4) is 0 Å². The zero-order chi connectivity index (χ0) is 16.0. The van der Waals surface area contributed by atoms with E-state index in [9.17, 15) is 0 Å². The van der Waals surface area contributed by atoms with Gasteiger partial charge in [-0.1, -0.05) is 20.3 Å². The molecule has 0 aromatic carbocycles. The second-order valence-electron chi connectivity index (χ2n) is 9.28. The van der Waals surface area contributed by atoms with Crippen LogP contribution < -0.4 is 0 Å². The van der Waals surface area contributed by atoms with Gasteiger partial charge >= 0.3 is 0 Å². The van der Waals surface area contributed by atoms with Crippen molar-refractivity contribution in [2.24, 2.45) is 17.8 Å². The minimum Gasteiger partial charge on any atom is -0.415 e. The molecule has 0 bridgehead atoms. The summed E-state index contributed by atoms with van der Waals surface area (Å²) in [4.78, 5) is 0. The van der Waals surface area contributed by atoms with Crippen molar-refractivity contribution in [1.82, 2.24) is 0 Å². The highest BCUT2D eigenvalue weighted by Gasteiger charge is 2.70. The molecular weight excluding hydrogens is 288 g/mol. The van der Waals surface area contributed by atoms with E-state index in [1.54, 1.807) is 0 Å². The van der Waals surface area contributed by atoms with E-state index in [4.69, 9.17) is 9.16 Å². The lowest BCUT2D eigenvalue weighted by atomic mass is 9.64. The topological polar surface area (TPSA) is 21.8 Å². The second kappa shape index (κ2) is 6.21. The van der Waals surface area contributed by atoms with E-state index in [1.807, 2.05) is 0 Å². The number of fused-ring (bicyclic) bond motifs is 2. The molecule has 2 nitrogen and oxygen atoms in total. The molecule has 0 N–H and O–H groups in total. The quantitative estimate of drug-likeness (QED) is 0.441. The molecule has 0 aromatic heterocycles. The first-order valence-electron chi connectivity index (χ1n) is 9.68. The highest BCUT2D eigenvalue weighted by Crippen LogP contribution is 2.66. The lowest BCUT2D eigenvalue weighted by Crippen LogP contribution is -2.43. The fourth-order valence-electron chi connectivity index (χ4n) is 5.59. The highest BCUT2D eigenvalue weighted by atomic mass is 28.4. The molecular formula is C19H36O2Si. The van der Waals surface area contributed by atoms with Crippen LogP contribution >= 0.6 is 0 Å². The second-order valence-corrected chi connectivity index (χ2v) is 13.4. The van der Waals surface area contributed by atoms with Gasteiger partial charge in [0.1, 0.15) is 0 Å². The lowest BCUT2D eigenvalue weighted by molar-refractivity contribution is 0.0541. The number of hydrogen-bond donors (Lipinski definition) is 0. The summed E-state index contributed by atoms with van der Waals surface area (Å²) in [5.41, 5.74) is 0.372. The van der Waals surface area contributed by atoms with Gasteiger partial charge in [0.2, 0.25) is 0 Å². The number of epoxide rings is 1. The summed E-state index contributed by atoms with van der Waals surface area (Å²) in [6.45, 7) is 11.6. The van der Waals surface area contributed by atoms with Crippen LogP contribution in [0.1, 0.15) is 65.7 Å². The monoisotopic (exact) mass is 324 g/mol. The predicted octanol–water partition coefficient (Wildman–Crippen LogP) is 5.38. The maximum absolute atomic E-state index is 6.41. The first-order valence-corrected chi connectivity index (χ1v) is 12.8. The van der Waals surface area contributed by atoms with Gasteiger partial charge in [0.15, 0.2) is 8.32 Å². The van der Waals surface area contributed by atoms with E-state index < -0.39 is 8.32 Å². The fourth-order valence-corrected chi connectivity index (χ4v) is 8.86. The van der Waals surface area contributed by atoms with Gasteiger partial charge in [0.05, 0.1) is 11.7 Å². The van der Waals surface area contributed by atoms with E-state index in [1.165, 1.54) is 51.0 Å². The molecule has 3 fully saturated rings. The van der Waals surface area contributed by atoms with Crippen molar-refractivity contribution >= 4 is 8.32 Å². The molecule has 5 atom stereocenters. The summed E-state index contributed by atoms with van der Waals surface area (Å²) in [5.74, 6) is 2.71. The van der Waals surface area contributed by atoms with Gasteiger partial charge in [-0.2, -0.15) is 0 Å². The number of hydrogen-bond acceptors (Lipinski definition) is 2. The average Bonchev–Trinajstić information content (AvgIpc) is 2.94. The van der Waals surface area contributed by atoms with Crippen LogP contribution in [0.4, 0.5) is 0 Å². The Morgan fingerprint density at radius 3 is 2.68 bits per heavy atom. The summed E-state index contributed by atoms with van der Waals surface area (Å²) in [6.07, 6.45) is 10.5. The lowest BCUT2D eigenvalue weighted by Gasteiger charge is -2.39. The van der Waals surface area contributed by atoms with Crippen molar-refractivity contribution in [3.05, 3.63) is 0 Å². The zero-order valence-electron chi connectivity index (χ0n) is 15.4. The molecule has 1 spiro atoms. The molecule has 0 radical (unpaired) electrons. The molecule has 1 heterocycles. The largest absolute Gasteiger partial charge is 0.415 e. The van der Waals surface area contributed by atoms with Crippen LogP contribution in [0.5, 0.6) is 0 Å². The van der Waals surface area contributed by atoms with Gasteiger partial charge in [-0.3, -0.25) is 0 Å². The van der Waals surface area contributed by atoms with Crippen LogP contribution in [0.25, 0.3) is 0 Å². The third-order valence-corrected chi connectivity index (χ3v) is 9.05. The minimum absolute atomic E-state index is 0.372. The van der Waals surface area contributed by atoms with Gasteiger partial charge < -0.3 is 9.16 Å². The molecule has 3 aliphatic rings. The van der Waals surface area contributed by atoms with Crippen molar-refractivity contribution in [2.45, 2.75) is 103 Å². The first-order chi connectivity index (χ1) is 10.3. The average molecular weight is 325 g/mol. The third kappa shape index (κ3) is 3.46. The van der Waals surface area contributed by atoms with Crippen LogP contribution in [0.3, 0.4) is 0 Å². The summed E-state index contributed by atoms with van der Waals surface area (Å²) in [5, 5.41) is 0. The Bertz CT molecular complexity index is 395. The van der Waals surface area contributed by atoms with Crippen LogP contribution in [0.15, 0.2) is 0 Å². The molecule has 3 heteroatoms. The molecule has 3 rings (SSSR count). The Kier molecular flexibility index (Phi) is 4.80. The Balaban J connectivity index is 1.32. The van der Waals surface area contributed by atoms with Crippen LogP contribution in [0.2, 0.25) is 19.1 Å². The molecule has 128 valence electrons. The van der Waals surface area contributed by atoms with Crippen LogP contribution in [-0.4, -0.2) is 26.1 Å². The van der Waals surface area contributed by atoms with Crippen molar-refractivity contribution in [1.29, 1.82) is 0 Å². The van der Waals surface area contributed by atoms with Gasteiger partial charge in [-0.15, -0.1) is 0 Å². The van der Waals surface area contributed by atoms with E-state index in [2.05, 4.69) is 33.9 Å². The molecule has 1 saturated heterocycles. The van der Waals surface area contributed by atoms with Crippen molar-refractivity contribution < 1.29 is 9.16 Å². The molecule has 0 amide bonds. The summed E-state index contributed by atoms with van der Waals surface area (Å²) < 4.78 is 12.6. The van der Waals surface area contributed by atoms with E-state index in [0.717, 1.165) is 17.8 Å². The molecule has 0 aromatic rings. The Hall–Kier alpha value is 0.137. The molecule has 2 aliphatic carbocycles. The van der Waals surface area contributed by atoms with Gasteiger partial charge in [0, 0.05) is 6.10 Å². The normalized spacial score (nSPS) is 38.2. The molecule has 22 heavy (non-hydrogen) atoms. The predicted molar refractivity (Wildman–Crippen MR) is 94.6 cm³/mol. The third-order valence-electron chi connectivity index (χ3n) is 6.21. The van der Waals surface area contributed by atoms with E-state index in [0.29, 0.717) is 17.8 Å². The highest BCUT2D eigenvalue weighted by molar-refractivity contribution is 6.71. The maximum atomic E-state index is 6.41. The van der Waals surface area contributed by atoms with Gasteiger partial charge in [-0.25, -0.2) is 0 Å². The Morgan fingerprint density at radius 1 is 1.23 bits per heavy atom. The molecule has 2 saturated carbocycles. The van der Waals surface area contributed by atoms with Crippen LogP contribution in [0, 0.1) is 17.8 Å². The van der Waals surface area contributed by atoms with Crippen LogP contribution in [-0.2, 0) is 9.16 Å². The first kappa shape index (κ1) is 17.0. The van der Waals surface area contributed by atoms with E-state index in [-0.39, 0.29) is 0 Å². The minimum atomic E-state index is -1.46. The number of ether oxygens (including phenoxy) is 1. The SMILES string of the molecule is CC(C)C[Si](C)(C)OC(C)CCCC1OC12CC1CCCC12. The van der Waals surface area contributed by atoms with E-state index >= 15 is 0 Å². The standard InChI is InChI=1S/C19H36O2Si/c1-14(2)13-22(4,5)21-15(3)8-6-11-18-19(20-18)12-16-9-7-10-17(16)19/h14-18H,6-13H2,1-5H3. The summed E-state index contributed by atoms with van der Waals surface area (Å²) >= 11 is 0. The smallest absolute Gasteiger partial charge is 0.187 e. The fraction of sp³-hybridized carbons (Fsp3) is 1.00. The zero-order valence-corrected chi connectivity index (χ0v) is 16.4. The Morgan fingerprint density at radius 2 is 2.00 bits per heavy atom. The van der Waals surface area contributed by atoms with Crippen molar-refractivity contribution in [2.75, 3.05) is 0 Å². The summed E-state index contributed by atoms with van der Waals surface area (Å²) in [7, 11) is -1.46. The maximum Gasteiger partial charge on any atom is 0.187 e. The van der Waals surface area contributed by atoms with Crippen molar-refractivity contribution in [3.63, 3.8) is 0 Å². The number of rotatable bonds is 8. The summed E-state index contributed by atoms with van der Waals surface area (Å²) in [6, 6.07) is 1.27. The molecule has 1 aliphatic heterocycles. The molecule has 5 unspecified atom stereocenters. The Labute approximate surface area is 138 Å². The van der Waals surface area contributed by atoms with Gasteiger partial charge in [0.25, 0.3) is 0 Å². The van der Waals surface area contributed by atoms with Gasteiger partial charge in [-0.05, 0) is 82.3 Å².